The number of carbonyl (C=O) groups is 1. The van der Waals surface area contributed by atoms with E-state index in [0.717, 1.165) is 24.2 Å². The van der Waals surface area contributed by atoms with E-state index in [4.69, 9.17) is 4.74 Å². The van der Waals surface area contributed by atoms with E-state index in [0.29, 0.717) is 17.6 Å². The number of allylic oxidation sites excluding steroid dienone is 1. The van der Waals surface area contributed by atoms with Crippen molar-refractivity contribution in [1.29, 1.82) is 0 Å². The Bertz CT molecular complexity index is 547. The lowest BCUT2D eigenvalue weighted by Gasteiger charge is -2.40. The second-order valence-electron chi connectivity index (χ2n) is 6.56. The van der Waals surface area contributed by atoms with Gasteiger partial charge in [0.1, 0.15) is 5.75 Å². The number of Topliss-reactive ketones (excluding diaryl/α,β-unsaturated/α-hetero) is 1. The molecule has 0 spiro atoms. The Balaban J connectivity index is 2.18. The maximum atomic E-state index is 12.9. The third kappa shape index (κ3) is 3.45. The first-order chi connectivity index (χ1) is 10.4. The fourth-order valence-corrected chi connectivity index (χ4v) is 3.55. The van der Waals surface area contributed by atoms with Crippen LogP contribution in [0.5, 0.6) is 5.75 Å². The van der Waals surface area contributed by atoms with E-state index in [2.05, 4.69) is 48.9 Å². The van der Waals surface area contributed by atoms with Crippen molar-refractivity contribution >= 4 is 27.8 Å². The minimum absolute atomic E-state index is 0.0161. The van der Waals surface area contributed by atoms with Crippen LogP contribution in [0.15, 0.2) is 30.3 Å². The number of hydrogen-bond acceptors (Lipinski definition) is 2. The van der Waals surface area contributed by atoms with Crippen molar-refractivity contribution in [3.63, 3.8) is 0 Å². The van der Waals surface area contributed by atoms with Gasteiger partial charge in [0.15, 0.2) is 5.78 Å². The maximum Gasteiger partial charge on any atom is 0.156 e. The van der Waals surface area contributed by atoms with Gasteiger partial charge >= 0.3 is 0 Å². The lowest BCUT2D eigenvalue weighted by atomic mass is 9.70. The molecule has 0 N–H and O–H groups in total. The topological polar surface area (TPSA) is 26.3 Å². The van der Waals surface area contributed by atoms with Gasteiger partial charge in [-0.2, -0.15) is 0 Å². The molecule has 0 saturated heterocycles. The number of carbonyl (C=O) groups excluding carboxylic acids is 1. The molecule has 22 heavy (non-hydrogen) atoms. The quantitative estimate of drug-likeness (QED) is 0.693. The summed E-state index contributed by atoms with van der Waals surface area (Å²) >= 11 is 3.74. The minimum Gasteiger partial charge on any atom is -0.497 e. The van der Waals surface area contributed by atoms with Crippen LogP contribution in [0.3, 0.4) is 0 Å². The molecule has 0 bridgehead atoms. The molecule has 2 rings (SSSR count). The SMILES string of the molecule is COc1ccc(/C=C/C2C(=O)[C@@](Br)(C(C)C)CC[C@H]2C)cc1. The van der Waals surface area contributed by atoms with Crippen LogP contribution in [0.25, 0.3) is 6.08 Å². The monoisotopic (exact) mass is 364 g/mol. The number of alkyl halides is 1. The van der Waals surface area contributed by atoms with E-state index in [1.807, 2.05) is 24.3 Å². The molecule has 0 aromatic heterocycles. The van der Waals surface area contributed by atoms with E-state index in [-0.39, 0.29) is 10.2 Å². The predicted molar refractivity (Wildman–Crippen MR) is 95.4 cm³/mol. The first-order valence-electron chi connectivity index (χ1n) is 7.94. The van der Waals surface area contributed by atoms with Gasteiger partial charge in [0.25, 0.3) is 0 Å². The second kappa shape index (κ2) is 6.99. The van der Waals surface area contributed by atoms with Gasteiger partial charge in [-0.1, -0.05) is 61.0 Å². The van der Waals surface area contributed by atoms with E-state index >= 15 is 0 Å². The Kier molecular flexibility index (Phi) is 5.49. The van der Waals surface area contributed by atoms with Crippen molar-refractivity contribution < 1.29 is 9.53 Å². The highest BCUT2D eigenvalue weighted by molar-refractivity contribution is 9.10. The zero-order valence-electron chi connectivity index (χ0n) is 13.8. The molecular formula is C19H25BrO2. The normalized spacial score (nSPS) is 29.3. The molecule has 120 valence electrons. The van der Waals surface area contributed by atoms with Gasteiger partial charge in [-0.05, 0) is 42.4 Å². The van der Waals surface area contributed by atoms with Gasteiger partial charge in [0, 0.05) is 5.92 Å². The molecule has 1 aromatic carbocycles. The highest BCUT2D eigenvalue weighted by atomic mass is 79.9. The van der Waals surface area contributed by atoms with Crippen LogP contribution >= 0.6 is 15.9 Å². The third-order valence-corrected chi connectivity index (χ3v) is 6.52. The van der Waals surface area contributed by atoms with Crippen molar-refractivity contribution in [1.82, 2.24) is 0 Å². The zero-order valence-corrected chi connectivity index (χ0v) is 15.4. The number of benzene rings is 1. The van der Waals surface area contributed by atoms with Crippen LogP contribution in [0.4, 0.5) is 0 Å². The summed E-state index contributed by atoms with van der Waals surface area (Å²) in [5, 5.41) is 0. The smallest absolute Gasteiger partial charge is 0.156 e. The Labute approximate surface area is 142 Å². The lowest BCUT2D eigenvalue weighted by Crippen LogP contribution is -2.47. The number of hydrogen-bond donors (Lipinski definition) is 0. The molecular weight excluding hydrogens is 340 g/mol. The van der Waals surface area contributed by atoms with Crippen molar-refractivity contribution in [2.45, 2.75) is 37.9 Å². The van der Waals surface area contributed by atoms with Gasteiger partial charge < -0.3 is 4.74 Å². The van der Waals surface area contributed by atoms with Gasteiger partial charge in [0.2, 0.25) is 0 Å². The molecule has 1 saturated carbocycles. The summed E-state index contributed by atoms with van der Waals surface area (Å²) in [6.45, 7) is 6.41. The molecule has 0 amide bonds. The average Bonchev–Trinajstić information content (AvgIpc) is 2.51. The first-order valence-corrected chi connectivity index (χ1v) is 8.73. The first kappa shape index (κ1) is 17.3. The highest BCUT2D eigenvalue weighted by Gasteiger charge is 2.46. The molecule has 1 aromatic rings. The Morgan fingerprint density at radius 1 is 1.32 bits per heavy atom. The number of methoxy groups -OCH3 is 1. The van der Waals surface area contributed by atoms with E-state index in [9.17, 15) is 4.79 Å². The molecule has 0 radical (unpaired) electrons. The van der Waals surface area contributed by atoms with Crippen LogP contribution in [-0.4, -0.2) is 17.2 Å². The molecule has 3 heteroatoms. The third-order valence-electron chi connectivity index (χ3n) is 4.82. The summed E-state index contributed by atoms with van der Waals surface area (Å²) in [4.78, 5) is 12.9. The van der Waals surface area contributed by atoms with Crippen LogP contribution in [-0.2, 0) is 4.79 Å². The number of rotatable bonds is 4. The van der Waals surface area contributed by atoms with E-state index in [1.165, 1.54) is 0 Å². The molecule has 0 heterocycles. The fourth-order valence-electron chi connectivity index (χ4n) is 3.06. The van der Waals surface area contributed by atoms with E-state index in [1.54, 1.807) is 7.11 Å². The molecule has 1 aliphatic rings. The summed E-state index contributed by atoms with van der Waals surface area (Å²) < 4.78 is 4.80. The van der Waals surface area contributed by atoms with Crippen LogP contribution in [0.1, 0.15) is 39.2 Å². The summed E-state index contributed by atoms with van der Waals surface area (Å²) in [7, 11) is 1.66. The lowest BCUT2D eigenvalue weighted by molar-refractivity contribution is -0.128. The standard InChI is InChI=1S/C19H25BrO2/c1-13(2)19(20)12-11-14(3)17(18(19)21)10-7-15-5-8-16(22-4)9-6-15/h5-10,13-14,17H,11-12H2,1-4H3/b10-7+/t14-,17?,19+/m1/s1. The maximum absolute atomic E-state index is 12.9. The Morgan fingerprint density at radius 3 is 2.50 bits per heavy atom. The fraction of sp³-hybridized carbons (Fsp3) is 0.526. The van der Waals surface area contributed by atoms with Crippen molar-refractivity contribution in [3.8, 4) is 5.75 Å². The van der Waals surface area contributed by atoms with Gasteiger partial charge in [-0.15, -0.1) is 0 Å². The summed E-state index contributed by atoms with van der Waals surface area (Å²) in [6.07, 6.45) is 6.13. The van der Waals surface area contributed by atoms with Crippen molar-refractivity contribution in [3.05, 3.63) is 35.9 Å². The Hall–Kier alpha value is -1.09. The average molecular weight is 365 g/mol. The summed E-state index contributed by atoms with van der Waals surface area (Å²) in [5.74, 6) is 1.86. The number of halogens is 1. The molecule has 1 fully saturated rings. The van der Waals surface area contributed by atoms with Crippen LogP contribution in [0, 0.1) is 17.8 Å². The van der Waals surface area contributed by atoms with Gasteiger partial charge in [-0.3, -0.25) is 4.79 Å². The molecule has 1 unspecified atom stereocenters. The highest BCUT2D eigenvalue weighted by Crippen LogP contribution is 2.44. The molecule has 1 aliphatic carbocycles. The van der Waals surface area contributed by atoms with Gasteiger partial charge in [-0.25, -0.2) is 0 Å². The van der Waals surface area contributed by atoms with Crippen molar-refractivity contribution in [2.24, 2.45) is 17.8 Å². The van der Waals surface area contributed by atoms with Gasteiger partial charge in [0.05, 0.1) is 11.4 Å². The van der Waals surface area contributed by atoms with Crippen molar-refractivity contribution in [2.75, 3.05) is 7.11 Å². The summed E-state index contributed by atoms with van der Waals surface area (Å²) in [5.41, 5.74) is 1.09. The second-order valence-corrected chi connectivity index (χ2v) is 7.97. The molecule has 3 atom stereocenters. The predicted octanol–water partition coefficient (Wildman–Crippen LogP) is 5.11. The van der Waals surface area contributed by atoms with Crippen LogP contribution < -0.4 is 4.74 Å². The zero-order chi connectivity index (χ0) is 16.3. The number of ether oxygens (including phenoxy) is 1. The molecule has 0 aliphatic heterocycles. The largest absolute Gasteiger partial charge is 0.497 e. The minimum atomic E-state index is -0.367. The molecule has 2 nitrogen and oxygen atoms in total. The summed E-state index contributed by atoms with van der Waals surface area (Å²) in [6, 6.07) is 7.90. The van der Waals surface area contributed by atoms with Crippen LogP contribution in [0.2, 0.25) is 0 Å². The number of ketones is 1. The van der Waals surface area contributed by atoms with E-state index < -0.39 is 0 Å². The Morgan fingerprint density at radius 2 is 1.95 bits per heavy atom.